The van der Waals surface area contributed by atoms with Crippen molar-refractivity contribution in [2.24, 2.45) is 7.05 Å². The molecule has 0 unspecified atom stereocenters. The van der Waals surface area contributed by atoms with Crippen molar-refractivity contribution in [1.29, 1.82) is 0 Å². The van der Waals surface area contributed by atoms with E-state index in [-0.39, 0.29) is 18.8 Å². The summed E-state index contributed by atoms with van der Waals surface area (Å²) in [6, 6.07) is 3.61. The van der Waals surface area contributed by atoms with Gasteiger partial charge in [0.15, 0.2) is 5.78 Å². The van der Waals surface area contributed by atoms with Crippen molar-refractivity contribution in [1.82, 2.24) is 14.3 Å². The highest BCUT2D eigenvalue weighted by atomic mass is 16.1. The van der Waals surface area contributed by atoms with Crippen LogP contribution in [0, 0.1) is 13.8 Å². The average molecular weight is 289 g/mol. The van der Waals surface area contributed by atoms with Crippen molar-refractivity contribution in [2.45, 2.75) is 41.7 Å². The molecule has 0 saturated carbocycles. The van der Waals surface area contributed by atoms with Crippen LogP contribution in [0.3, 0.4) is 0 Å². The zero-order chi connectivity index (χ0) is 15.0. The number of pyridine rings is 1. The number of ketones is 1. The Morgan fingerprint density at radius 1 is 1.24 bits per heavy atom. The second-order valence-electron chi connectivity index (χ2n) is 5.01. The largest absolute Gasteiger partial charge is 0.309 e. The van der Waals surface area contributed by atoms with Crippen molar-refractivity contribution in [2.75, 3.05) is 0 Å². The van der Waals surface area contributed by atoms with Crippen LogP contribution in [0.4, 0.5) is 0 Å². The van der Waals surface area contributed by atoms with Gasteiger partial charge in [0.05, 0.1) is 5.69 Å². The predicted molar refractivity (Wildman–Crippen MR) is 84.8 cm³/mol. The molecule has 0 radical (unpaired) electrons. The Morgan fingerprint density at radius 3 is 2.33 bits per heavy atom. The van der Waals surface area contributed by atoms with Crippen molar-refractivity contribution in [3.8, 4) is 11.4 Å². The summed E-state index contributed by atoms with van der Waals surface area (Å²) in [6.07, 6.45) is 0. The number of carbonyl (C=O) groups is 1. The van der Waals surface area contributed by atoms with Crippen LogP contribution in [0.1, 0.15) is 42.9 Å². The minimum absolute atomic E-state index is 0. The molecule has 2 heterocycles. The van der Waals surface area contributed by atoms with Gasteiger partial charge in [-0.25, -0.2) is 0 Å². The fourth-order valence-electron chi connectivity index (χ4n) is 2.52. The van der Waals surface area contributed by atoms with Crippen LogP contribution in [-0.4, -0.2) is 20.1 Å². The summed E-state index contributed by atoms with van der Waals surface area (Å²) in [5.41, 5.74) is 3.62. The normalized spacial score (nSPS) is 10.3. The SMILES string of the molecule is C.CCn1nc(-c2c(C)cc(C)c(=O)n2C)cc1C(C)=O. The van der Waals surface area contributed by atoms with Gasteiger partial charge in [0, 0.05) is 26.1 Å². The number of aromatic nitrogens is 3. The van der Waals surface area contributed by atoms with E-state index >= 15 is 0 Å². The van der Waals surface area contributed by atoms with Gasteiger partial charge in [-0.3, -0.25) is 14.3 Å². The fraction of sp³-hybridized carbons (Fsp3) is 0.438. The summed E-state index contributed by atoms with van der Waals surface area (Å²) in [5, 5.41) is 4.45. The Labute approximate surface area is 125 Å². The molecule has 0 aliphatic carbocycles. The highest BCUT2D eigenvalue weighted by Gasteiger charge is 2.16. The van der Waals surface area contributed by atoms with Gasteiger partial charge in [0.25, 0.3) is 5.56 Å². The summed E-state index contributed by atoms with van der Waals surface area (Å²) in [7, 11) is 1.73. The molecule has 114 valence electrons. The van der Waals surface area contributed by atoms with E-state index in [4.69, 9.17) is 0 Å². The second-order valence-corrected chi connectivity index (χ2v) is 5.01. The van der Waals surface area contributed by atoms with E-state index in [0.717, 1.165) is 11.3 Å². The minimum atomic E-state index is -0.0407. The van der Waals surface area contributed by atoms with Gasteiger partial charge >= 0.3 is 0 Å². The van der Waals surface area contributed by atoms with E-state index in [9.17, 15) is 9.59 Å². The van der Waals surface area contributed by atoms with Crippen LogP contribution in [0.5, 0.6) is 0 Å². The van der Waals surface area contributed by atoms with Crippen LogP contribution in [0.15, 0.2) is 16.9 Å². The lowest BCUT2D eigenvalue weighted by Gasteiger charge is -2.10. The van der Waals surface area contributed by atoms with E-state index in [2.05, 4.69) is 5.10 Å². The zero-order valence-electron chi connectivity index (χ0n) is 12.5. The molecule has 5 heteroatoms. The van der Waals surface area contributed by atoms with Crippen LogP contribution in [-0.2, 0) is 13.6 Å². The number of rotatable bonds is 3. The van der Waals surface area contributed by atoms with E-state index < -0.39 is 0 Å². The molecule has 0 aliphatic heterocycles. The number of aryl methyl sites for hydroxylation is 3. The summed E-state index contributed by atoms with van der Waals surface area (Å²) < 4.78 is 3.26. The Morgan fingerprint density at radius 2 is 1.86 bits per heavy atom. The third-order valence-electron chi connectivity index (χ3n) is 3.47. The maximum atomic E-state index is 12.1. The summed E-state index contributed by atoms with van der Waals surface area (Å²) in [5.74, 6) is -0.0274. The van der Waals surface area contributed by atoms with Crippen LogP contribution in [0.2, 0.25) is 0 Å². The molecule has 2 rings (SSSR count). The zero-order valence-corrected chi connectivity index (χ0v) is 12.5. The van der Waals surface area contributed by atoms with Crippen molar-refractivity contribution >= 4 is 5.78 Å². The monoisotopic (exact) mass is 289 g/mol. The van der Waals surface area contributed by atoms with Crippen molar-refractivity contribution < 1.29 is 4.79 Å². The predicted octanol–water partition coefficient (Wildman–Crippen LogP) is 2.72. The van der Waals surface area contributed by atoms with Crippen LogP contribution < -0.4 is 5.56 Å². The van der Waals surface area contributed by atoms with E-state index in [0.29, 0.717) is 23.5 Å². The molecule has 0 aromatic carbocycles. The van der Waals surface area contributed by atoms with Gasteiger partial charge in [-0.2, -0.15) is 5.10 Å². The number of Topliss-reactive ketones (excluding diaryl/α,β-unsaturated/α-hetero) is 1. The minimum Gasteiger partial charge on any atom is -0.309 e. The Hall–Kier alpha value is -2.17. The lowest BCUT2D eigenvalue weighted by Crippen LogP contribution is -2.21. The lowest BCUT2D eigenvalue weighted by atomic mass is 10.1. The molecule has 21 heavy (non-hydrogen) atoms. The van der Waals surface area contributed by atoms with E-state index in [1.165, 1.54) is 6.92 Å². The molecule has 5 nitrogen and oxygen atoms in total. The molecular formula is C16H23N3O2. The van der Waals surface area contributed by atoms with Gasteiger partial charge in [0.2, 0.25) is 0 Å². The maximum absolute atomic E-state index is 12.1. The molecule has 0 saturated heterocycles. The first-order valence-corrected chi connectivity index (χ1v) is 6.63. The van der Waals surface area contributed by atoms with Gasteiger partial charge < -0.3 is 4.57 Å². The topological polar surface area (TPSA) is 56.9 Å². The lowest BCUT2D eigenvalue weighted by molar-refractivity contribution is 0.100. The number of hydrogen-bond acceptors (Lipinski definition) is 3. The van der Waals surface area contributed by atoms with Gasteiger partial charge in [0.1, 0.15) is 11.4 Å². The first kappa shape index (κ1) is 16.9. The molecule has 0 fully saturated rings. The highest BCUT2D eigenvalue weighted by Crippen LogP contribution is 2.22. The number of nitrogens with zero attached hydrogens (tertiary/aromatic N) is 3. The highest BCUT2D eigenvalue weighted by molar-refractivity contribution is 5.93. The molecule has 2 aromatic rings. The Bertz CT molecular complexity index is 739. The standard InChI is InChI=1S/C15H19N3O2.CH4/c1-6-18-13(11(4)19)8-12(16-18)14-9(2)7-10(3)15(20)17(14)5;/h7-8H,6H2,1-5H3;1H4. The average Bonchev–Trinajstić information content (AvgIpc) is 2.80. The first-order chi connectivity index (χ1) is 9.36. The molecule has 0 aliphatic rings. The quantitative estimate of drug-likeness (QED) is 0.816. The number of carbonyl (C=O) groups excluding carboxylic acids is 1. The molecule has 0 amide bonds. The first-order valence-electron chi connectivity index (χ1n) is 6.63. The molecule has 0 N–H and O–H groups in total. The van der Waals surface area contributed by atoms with Gasteiger partial charge in [-0.05, 0) is 38.5 Å². The number of hydrogen-bond donors (Lipinski definition) is 0. The fourth-order valence-corrected chi connectivity index (χ4v) is 2.52. The second kappa shape index (κ2) is 6.08. The Balaban J connectivity index is 0.00000220. The van der Waals surface area contributed by atoms with Crippen LogP contribution >= 0.6 is 0 Å². The maximum Gasteiger partial charge on any atom is 0.253 e. The van der Waals surface area contributed by atoms with Gasteiger partial charge in [-0.15, -0.1) is 0 Å². The molecule has 0 spiro atoms. The molecule has 0 bridgehead atoms. The third kappa shape index (κ3) is 2.82. The molecule has 2 aromatic heterocycles. The Kier molecular flexibility index (Phi) is 4.88. The summed E-state index contributed by atoms with van der Waals surface area (Å²) >= 11 is 0. The molecular weight excluding hydrogens is 266 g/mol. The smallest absolute Gasteiger partial charge is 0.253 e. The third-order valence-corrected chi connectivity index (χ3v) is 3.47. The van der Waals surface area contributed by atoms with Crippen LogP contribution in [0.25, 0.3) is 11.4 Å². The van der Waals surface area contributed by atoms with Crippen molar-refractivity contribution in [3.63, 3.8) is 0 Å². The van der Waals surface area contributed by atoms with Gasteiger partial charge in [-0.1, -0.05) is 7.43 Å². The summed E-state index contributed by atoms with van der Waals surface area (Å²) in [6.45, 7) is 7.82. The van der Waals surface area contributed by atoms with Crippen molar-refractivity contribution in [3.05, 3.63) is 39.3 Å². The van der Waals surface area contributed by atoms with E-state index in [1.54, 1.807) is 29.3 Å². The summed E-state index contributed by atoms with van der Waals surface area (Å²) in [4.78, 5) is 23.7. The molecule has 0 atom stereocenters. The van der Waals surface area contributed by atoms with E-state index in [1.807, 2.05) is 19.9 Å².